The summed E-state index contributed by atoms with van der Waals surface area (Å²) in [6.07, 6.45) is 0.0934. The van der Waals surface area contributed by atoms with Gasteiger partial charge in [-0.25, -0.2) is 4.79 Å². The van der Waals surface area contributed by atoms with Crippen LogP contribution >= 0.6 is 0 Å². The van der Waals surface area contributed by atoms with E-state index in [0.717, 1.165) is 6.42 Å². The predicted octanol–water partition coefficient (Wildman–Crippen LogP) is -3.78. The number of nitrogens with zero attached hydrogens (tertiary/aromatic N) is 1. The number of aliphatic carboxylic acids is 1. The lowest BCUT2D eigenvalue weighted by molar-refractivity contribution is -0.142. The van der Waals surface area contributed by atoms with Crippen molar-refractivity contribution < 1.29 is 58.2 Å². The fraction of sp³-hybridized carbons (Fsp3) is 0.587. The molecule has 1 aromatic heterocycles. The van der Waals surface area contributed by atoms with E-state index in [9.17, 15) is 58.2 Å². The molecule has 2 heterocycles. The zero-order valence-corrected chi connectivity index (χ0v) is 41.2. The highest BCUT2D eigenvalue weighted by Gasteiger charge is 2.38. The summed E-state index contributed by atoms with van der Waals surface area (Å²) >= 11 is 0. The Hall–Kier alpha value is -7.35. The van der Waals surface area contributed by atoms with Crippen molar-refractivity contribution in [2.75, 3.05) is 13.1 Å². The zero-order valence-electron chi connectivity index (χ0n) is 41.2. The molecule has 72 heavy (non-hydrogen) atoms. The van der Waals surface area contributed by atoms with Gasteiger partial charge in [-0.2, -0.15) is 0 Å². The normalized spacial score (nSPS) is 17.0. The van der Waals surface area contributed by atoms with Gasteiger partial charge in [0, 0.05) is 36.5 Å². The van der Waals surface area contributed by atoms with E-state index in [1.165, 1.54) is 6.92 Å². The van der Waals surface area contributed by atoms with Crippen molar-refractivity contribution >= 4 is 76.0 Å². The zero-order chi connectivity index (χ0) is 53.8. The van der Waals surface area contributed by atoms with Crippen molar-refractivity contribution in [1.82, 2.24) is 47.5 Å². The van der Waals surface area contributed by atoms with Crippen molar-refractivity contribution in [3.05, 3.63) is 36.0 Å². The molecule has 1 aliphatic rings. The van der Waals surface area contributed by atoms with Crippen LogP contribution in [0.3, 0.4) is 0 Å². The molecule has 0 radical (unpaired) electrons. The maximum Gasteiger partial charge on any atom is 0.326 e. The summed E-state index contributed by atoms with van der Waals surface area (Å²) in [4.78, 5) is 140. The third-order valence-corrected chi connectivity index (χ3v) is 12.1. The number of carbonyl (C=O) groups excluding carboxylic acids is 9. The van der Waals surface area contributed by atoms with Crippen molar-refractivity contribution in [3.8, 4) is 0 Å². The molecule has 10 atom stereocenters. The van der Waals surface area contributed by atoms with Crippen molar-refractivity contribution in [2.45, 2.75) is 147 Å². The van der Waals surface area contributed by atoms with Gasteiger partial charge in [-0.3, -0.25) is 48.1 Å². The van der Waals surface area contributed by atoms with Gasteiger partial charge in [0.1, 0.15) is 42.3 Å². The maximum atomic E-state index is 14.3. The van der Waals surface area contributed by atoms with Gasteiger partial charge in [-0.1, -0.05) is 52.3 Å². The number of carbonyl (C=O) groups is 10. The van der Waals surface area contributed by atoms with Gasteiger partial charge >= 0.3 is 5.97 Å². The number of hydrogen-bond donors (Lipinski definition) is 15. The first-order valence-corrected chi connectivity index (χ1v) is 23.9. The van der Waals surface area contributed by atoms with Gasteiger partial charge in [0.25, 0.3) is 0 Å². The molecule has 0 spiro atoms. The molecule has 398 valence electrons. The number of rotatable bonds is 30. The molecule has 0 saturated carbocycles. The Bertz CT molecular complexity index is 2280. The molecule has 9 amide bonds. The standard InChI is InChI=1S/C46H72N14O12/c1-6-23(4)36(59-41(67)32(20-34(48)63)56-38(64)28-13-9-17-51-28)43(69)60-37(24(5)61)44(70)58-35(22(2)3)42(68)57-31(19-25-21-53-27-12-8-7-11-26(25)27)40(66)54-29(15-16-33(47)62)39(65)55-30(45(71)72)14-10-18-52-46(49)50/h7-8,11-12,21-24,28-32,35-37,51,53,61H,6,9-10,13-20H2,1-5H3,(H2,47,62)(H2,48,63)(H,54,66)(H,55,65)(H,56,64)(H,57,68)(H,58,70)(H,59,67)(H,60,69)(H,71,72)(H4,49,50,52)/t23-,24+,28-,29-,30-,31-,32-,35-,36-,37-/m0/s1. The smallest absolute Gasteiger partial charge is 0.326 e. The molecule has 0 unspecified atom stereocenters. The van der Waals surface area contributed by atoms with Crippen LogP contribution in [-0.2, 0) is 54.4 Å². The van der Waals surface area contributed by atoms with Crippen LogP contribution < -0.4 is 65.5 Å². The van der Waals surface area contributed by atoms with Crippen LogP contribution in [0.4, 0.5) is 0 Å². The number of nitrogens with two attached hydrogens (primary N) is 4. The lowest BCUT2D eigenvalue weighted by Gasteiger charge is -2.31. The fourth-order valence-corrected chi connectivity index (χ4v) is 7.83. The molecular formula is C46H72N14O12. The predicted molar refractivity (Wildman–Crippen MR) is 262 cm³/mol. The van der Waals surface area contributed by atoms with Crippen molar-refractivity contribution in [3.63, 3.8) is 0 Å². The molecule has 3 rings (SSSR count). The number of aromatic amines is 1. The van der Waals surface area contributed by atoms with Crippen LogP contribution in [0.2, 0.25) is 0 Å². The average molecular weight is 1010 g/mol. The van der Waals surface area contributed by atoms with Gasteiger partial charge in [-0.15, -0.1) is 0 Å². The first-order chi connectivity index (χ1) is 33.9. The molecule has 19 N–H and O–H groups in total. The van der Waals surface area contributed by atoms with Gasteiger partial charge in [0.15, 0.2) is 5.96 Å². The van der Waals surface area contributed by atoms with Crippen LogP contribution in [0.1, 0.15) is 91.5 Å². The van der Waals surface area contributed by atoms with E-state index in [1.54, 1.807) is 58.2 Å². The molecule has 26 nitrogen and oxygen atoms in total. The molecule has 0 bridgehead atoms. The molecule has 1 aromatic carbocycles. The van der Waals surface area contributed by atoms with E-state index in [1.807, 2.05) is 0 Å². The first-order valence-electron chi connectivity index (χ1n) is 23.9. The van der Waals surface area contributed by atoms with Gasteiger partial charge in [-0.05, 0) is 69.0 Å². The number of H-pyrrole nitrogens is 1. The number of benzene rings is 1. The van der Waals surface area contributed by atoms with Crippen molar-refractivity contribution in [2.24, 2.45) is 39.8 Å². The van der Waals surface area contributed by atoms with Crippen LogP contribution in [0.25, 0.3) is 10.9 Å². The largest absolute Gasteiger partial charge is 0.480 e. The number of guanidine groups is 1. The quantitative estimate of drug-likeness (QED) is 0.0203. The summed E-state index contributed by atoms with van der Waals surface area (Å²) in [6.45, 7) is 8.37. The minimum atomic E-state index is -1.72. The van der Waals surface area contributed by atoms with E-state index < -0.39 is 138 Å². The van der Waals surface area contributed by atoms with Gasteiger partial charge in [0.2, 0.25) is 53.2 Å². The maximum absolute atomic E-state index is 14.3. The van der Waals surface area contributed by atoms with Crippen molar-refractivity contribution in [1.29, 1.82) is 0 Å². The molecule has 1 aliphatic heterocycles. The van der Waals surface area contributed by atoms with E-state index in [0.29, 0.717) is 35.9 Å². The number of fused-ring (bicyclic) bond motifs is 1. The summed E-state index contributed by atoms with van der Waals surface area (Å²) in [6, 6.07) is -3.95. The van der Waals surface area contributed by atoms with Crippen LogP contribution in [0, 0.1) is 11.8 Å². The number of carboxylic acids is 1. The highest BCUT2D eigenvalue weighted by atomic mass is 16.4. The third-order valence-electron chi connectivity index (χ3n) is 12.1. The summed E-state index contributed by atoms with van der Waals surface area (Å²) in [5.74, 6) is -10.8. The molecule has 1 saturated heterocycles. The monoisotopic (exact) mass is 1010 g/mol. The number of aliphatic hydroxyl groups is 1. The highest BCUT2D eigenvalue weighted by molar-refractivity contribution is 5.99. The van der Waals surface area contributed by atoms with E-state index in [2.05, 4.69) is 52.5 Å². The summed E-state index contributed by atoms with van der Waals surface area (Å²) in [5.41, 5.74) is 22.7. The Morgan fingerprint density at radius 1 is 0.708 bits per heavy atom. The molecule has 26 heteroatoms. The second-order valence-corrected chi connectivity index (χ2v) is 18.2. The second-order valence-electron chi connectivity index (χ2n) is 18.2. The Balaban J connectivity index is 1.89. The molecular weight excluding hydrogens is 941 g/mol. The number of aliphatic imine (C=N–C) groups is 1. The lowest BCUT2D eigenvalue weighted by Crippen LogP contribution is -2.63. The Morgan fingerprint density at radius 3 is 1.88 bits per heavy atom. The highest BCUT2D eigenvalue weighted by Crippen LogP contribution is 2.20. The number of para-hydroxylation sites is 1. The number of nitrogens with one attached hydrogen (secondary N) is 9. The Morgan fingerprint density at radius 2 is 1.29 bits per heavy atom. The molecule has 1 fully saturated rings. The number of amides is 9. The summed E-state index contributed by atoms with van der Waals surface area (Å²) in [7, 11) is 0. The fourth-order valence-electron chi connectivity index (χ4n) is 7.83. The third kappa shape index (κ3) is 18.4. The molecule has 2 aromatic rings. The molecule has 0 aliphatic carbocycles. The van der Waals surface area contributed by atoms with Crippen LogP contribution in [-0.4, -0.2) is 148 Å². The Kier molecular flexibility index (Phi) is 23.3. The summed E-state index contributed by atoms with van der Waals surface area (Å²) < 4.78 is 0. The SMILES string of the molecule is CC[C@H](C)[C@H](NC(=O)[C@H](CC(N)=O)NC(=O)[C@@H]1CCCN1)C(=O)N[C@H](C(=O)N[C@H](C(=O)N[C@@H](Cc1c[nH]c2ccccc12)C(=O)N[C@@H](CCC(N)=O)C(=O)N[C@@H](CCCN=C(N)N)C(=O)O)C(C)C)[C@@H](C)O. The minimum Gasteiger partial charge on any atom is -0.480 e. The number of carboxylic acid groups (broad SMARTS) is 1. The minimum absolute atomic E-state index is 0.0619. The summed E-state index contributed by atoms with van der Waals surface area (Å²) in [5, 5.41) is 42.0. The number of aromatic nitrogens is 1. The van der Waals surface area contributed by atoms with E-state index >= 15 is 0 Å². The van der Waals surface area contributed by atoms with Crippen LogP contribution in [0.5, 0.6) is 0 Å². The second kappa shape index (κ2) is 28.5. The van der Waals surface area contributed by atoms with Gasteiger partial charge < -0.3 is 80.7 Å². The first kappa shape index (κ1) is 59.0. The number of aliphatic hydroxyl groups excluding tert-OH is 1. The number of hydrogen-bond acceptors (Lipinski definition) is 13. The lowest BCUT2D eigenvalue weighted by atomic mass is 9.96. The average Bonchev–Trinajstić information content (AvgIpc) is 4.01. The Labute approximate surface area is 416 Å². The topological polar surface area (TPSA) is 440 Å². The number of primary amides is 2. The van der Waals surface area contributed by atoms with Gasteiger partial charge in [0.05, 0.1) is 18.6 Å². The van der Waals surface area contributed by atoms with E-state index in [4.69, 9.17) is 22.9 Å². The van der Waals surface area contributed by atoms with Crippen LogP contribution in [0.15, 0.2) is 35.5 Å². The van der Waals surface area contributed by atoms with E-state index in [-0.39, 0.29) is 38.2 Å².